The van der Waals surface area contributed by atoms with Gasteiger partial charge in [-0.2, -0.15) is 0 Å². The second-order valence-electron chi connectivity index (χ2n) is 6.17. The molecule has 1 fully saturated rings. The molecule has 1 aliphatic rings. The number of urea groups is 1. The first kappa shape index (κ1) is 18.4. The Morgan fingerprint density at radius 1 is 1.23 bits per heavy atom. The maximum atomic E-state index is 11.5. The van der Waals surface area contributed by atoms with E-state index in [4.69, 9.17) is 16.2 Å². The molecule has 3 rings (SSSR count). The van der Waals surface area contributed by atoms with Gasteiger partial charge in [0.15, 0.2) is 0 Å². The molecule has 0 saturated carbocycles. The molecule has 2 heterocycles. The number of carbonyl (C=O) groups is 2. The second kappa shape index (κ2) is 8.31. The number of primary amides is 2. The number of carbonyl (C=O) groups excluding carboxylic acids is 2. The molecule has 6 N–H and O–H groups in total. The fraction of sp³-hybridized carbons (Fsp3) is 0.333. The minimum atomic E-state index is -0.728. The fourth-order valence-electron chi connectivity index (χ4n) is 2.89. The summed E-state index contributed by atoms with van der Waals surface area (Å²) in [6.45, 7) is 2.49. The number of nitrogens with one attached hydrogen (secondary N) is 2. The van der Waals surface area contributed by atoms with Gasteiger partial charge in [0.2, 0.25) is 0 Å². The molecule has 0 aliphatic carbocycles. The van der Waals surface area contributed by atoms with Crippen LogP contribution in [0.1, 0.15) is 28.8 Å². The maximum absolute atomic E-state index is 11.5. The molecule has 1 aromatic heterocycles. The zero-order valence-electron chi connectivity index (χ0n) is 14.3. The quantitative estimate of drug-likeness (QED) is 0.594. The van der Waals surface area contributed by atoms with E-state index in [0.717, 1.165) is 48.5 Å². The number of thiophene rings is 1. The van der Waals surface area contributed by atoms with Crippen LogP contribution in [0.25, 0.3) is 10.4 Å². The van der Waals surface area contributed by atoms with Crippen molar-refractivity contribution in [2.45, 2.75) is 25.5 Å². The van der Waals surface area contributed by atoms with Gasteiger partial charge in [0.05, 0.1) is 11.7 Å². The lowest BCUT2D eigenvalue weighted by molar-refractivity contribution is 0.100. The molecule has 1 unspecified atom stereocenters. The fourth-order valence-corrected chi connectivity index (χ4v) is 3.96. The first-order valence-electron chi connectivity index (χ1n) is 8.44. The summed E-state index contributed by atoms with van der Waals surface area (Å²) in [5, 5.41) is 6.22. The summed E-state index contributed by atoms with van der Waals surface area (Å²) in [5.41, 5.74) is 12.9. The lowest BCUT2D eigenvalue weighted by Gasteiger charge is -2.10. The summed E-state index contributed by atoms with van der Waals surface area (Å²) in [7, 11) is 0. The van der Waals surface area contributed by atoms with Crippen molar-refractivity contribution in [2.75, 3.05) is 18.5 Å². The zero-order valence-corrected chi connectivity index (χ0v) is 15.1. The number of hydrogen-bond acceptors (Lipinski definition) is 5. The Labute approximate surface area is 155 Å². The predicted molar refractivity (Wildman–Crippen MR) is 102 cm³/mol. The average Bonchev–Trinajstić information content (AvgIpc) is 3.25. The predicted octanol–water partition coefficient (Wildman–Crippen LogP) is 2.27. The summed E-state index contributed by atoms with van der Waals surface area (Å²) in [5.74, 6) is -0.605. The molecule has 138 valence electrons. The smallest absolute Gasteiger partial charge is 0.317 e. The summed E-state index contributed by atoms with van der Waals surface area (Å²) in [6.07, 6.45) is 2.58. The van der Waals surface area contributed by atoms with Gasteiger partial charge < -0.3 is 21.5 Å². The van der Waals surface area contributed by atoms with Gasteiger partial charge in [-0.1, -0.05) is 24.3 Å². The minimum absolute atomic E-state index is 0.256. The highest BCUT2D eigenvalue weighted by atomic mass is 32.1. The van der Waals surface area contributed by atoms with Crippen molar-refractivity contribution >= 4 is 28.3 Å². The van der Waals surface area contributed by atoms with Gasteiger partial charge in [0, 0.05) is 24.6 Å². The Balaban J connectivity index is 1.65. The number of anilines is 1. The number of ether oxygens (including phenoxy) is 1. The van der Waals surface area contributed by atoms with Gasteiger partial charge in [-0.05, 0) is 30.0 Å². The molecule has 1 aliphatic heterocycles. The summed E-state index contributed by atoms with van der Waals surface area (Å²) < 4.78 is 5.59. The average molecular weight is 374 g/mol. The Morgan fingerprint density at radius 2 is 2.00 bits per heavy atom. The molecule has 2 aromatic rings. The van der Waals surface area contributed by atoms with Gasteiger partial charge in [0.1, 0.15) is 5.00 Å². The van der Waals surface area contributed by atoms with E-state index in [2.05, 4.69) is 10.6 Å². The summed E-state index contributed by atoms with van der Waals surface area (Å²) in [6, 6.07) is 8.96. The van der Waals surface area contributed by atoms with Crippen LogP contribution in [0.4, 0.5) is 9.80 Å². The van der Waals surface area contributed by atoms with Crippen LogP contribution >= 0.6 is 11.3 Å². The van der Waals surface area contributed by atoms with E-state index >= 15 is 0 Å². The van der Waals surface area contributed by atoms with E-state index in [9.17, 15) is 9.59 Å². The van der Waals surface area contributed by atoms with Crippen LogP contribution in [0.15, 0.2) is 30.3 Å². The molecule has 1 aromatic carbocycles. The maximum Gasteiger partial charge on any atom is 0.317 e. The Hall–Kier alpha value is -2.42. The molecule has 0 bridgehead atoms. The van der Waals surface area contributed by atoms with Gasteiger partial charge in [0.25, 0.3) is 5.91 Å². The van der Waals surface area contributed by atoms with Crippen molar-refractivity contribution in [3.63, 3.8) is 0 Å². The van der Waals surface area contributed by atoms with Crippen LogP contribution in [-0.4, -0.2) is 31.2 Å². The lowest BCUT2D eigenvalue weighted by Crippen LogP contribution is -2.25. The van der Waals surface area contributed by atoms with Crippen LogP contribution in [0, 0.1) is 0 Å². The SMILES string of the molecule is NC(=O)Nc1sc(-c2ccc(CNCC3CCCO3)cc2)cc1C(N)=O. The topological polar surface area (TPSA) is 119 Å². The summed E-state index contributed by atoms with van der Waals surface area (Å²) in [4.78, 5) is 23.5. The molecule has 7 nitrogen and oxygen atoms in total. The van der Waals surface area contributed by atoms with Gasteiger partial charge in [-0.25, -0.2) is 4.79 Å². The molecular weight excluding hydrogens is 352 g/mol. The molecule has 8 heteroatoms. The molecule has 0 radical (unpaired) electrons. The van der Waals surface area contributed by atoms with Crippen LogP contribution in [0.5, 0.6) is 0 Å². The van der Waals surface area contributed by atoms with E-state index in [1.807, 2.05) is 24.3 Å². The second-order valence-corrected chi connectivity index (χ2v) is 7.22. The van der Waals surface area contributed by atoms with Crippen LogP contribution in [0.3, 0.4) is 0 Å². The van der Waals surface area contributed by atoms with E-state index in [1.165, 1.54) is 11.3 Å². The highest BCUT2D eigenvalue weighted by Crippen LogP contribution is 2.35. The first-order valence-corrected chi connectivity index (χ1v) is 9.26. The molecule has 3 amide bonds. The summed E-state index contributed by atoms with van der Waals surface area (Å²) >= 11 is 1.26. The van der Waals surface area contributed by atoms with Crippen molar-refractivity contribution in [2.24, 2.45) is 11.5 Å². The molecule has 0 spiro atoms. The lowest BCUT2D eigenvalue weighted by atomic mass is 10.1. The molecule has 1 saturated heterocycles. The molecule has 1 atom stereocenters. The highest BCUT2D eigenvalue weighted by Gasteiger charge is 2.16. The van der Waals surface area contributed by atoms with Gasteiger partial charge in [-0.3, -0.25) is 10.1 Å². The van der Waals surface area contributed by atoms with Crippen LogP contribution in [-0.2, 0) is 11.3 Å². The van der Waals surface area contributed by atoms with E-state index < -0.39 is 11.9 Å². The van der Waals surface area contributed by atoms with Gasteiger partial charge >= 0.3 is 6.03 Å². The number of benzene rings is 1. The number of nitrogens with two attached hydrogens (primary N) is 2. The van der Waals surface area contributed by atoms with E-state index in [1.54, 1.807) is 6.07 Å². The third kappa shape index (κ3) is 4.60. The van der Waals surface area contributed by atoms with E-state index in [-0.39, 0.29) is 5.56 Å². The Kier molecular flexibility index (Phi) is 5.87. The zero-order chi connectivity index (χ0) is 18.5. The largest absolute Gasteiger partial charge is 0.377 e. The van der Waals surface area contributed by atoms with E-state index in [0.29, 0.717) is 11.1 Å². The van der Waals surface area contributed by atoms with Crippen molar-refractivity contribution in [3.8, 4) is 10.4 Å². The van der Waals surface area contributed by atoms with Crippen molar-refractivity contribution in [1.82, 2.24) is 5.32 Å². The number of hydrogen-bond donors (Lipinski definition) is 4. The van der Waals surface area contributed by atoms with Crippen LogP contribution < -0.4 is 22.1 Å². The number of rotatable bonds is 7. The standard InChI is InChI=1S/C18H22N4O3S/c19-16(23)14-8-15(26-17(14)22-18(20)24)12-5-3-11(4-6-12)9-21-10-13-2-1-7-25-13/h3-6,8,13,21H,1-2,7,9-10H2,(H2,19,23)(H3,20,22,24). The van der Waals surface area contributed by atoms with Crippen LogP contribution in [0.2, 0.25) is 0 Å². The first-order chi connectivity index (χ1) is 12.5. The normalized spacial score (nSPS) is 16.5. The Bertz CT molecular complexity index is 782. The molecule has 26 heavy (non-hydrogen) atoms. The van der Waals surface area contributed by atoms with Crippen molar-refractivity contribution in [3.05, 3.63) is 41.5 Å². The minimum Gasteiger partial charge on any atom is -0.377 e. The van der Waals surface area contributed by atoms with Crippen molar-refractivity contribution < 1.29 is 14.3 Å². The Morgan fingerprint density at radius 3 is 2.62 bits per heavy atom. The third-order valence-electron chi connectivity index (χ3n) is 4.20. The van der Waals surface area contributed by atoms with Crippen molar-refractivity contribution in [1.29, 1.82) is 0 Å². The highest BCUT2D eigenvalue weighted by molar-refractivity contribution is 7.20. The molecular formula is C18H22N4O3S. The van der Waals surface area contributed by atoms with Gasteiger partial charge in [-0.15, -0.1) is 11.3 Å². The monoisotopic (exact) mass is 374 g/mol. The number of amides is 3. The third-order valence-corrected chi connectivity index (χ3v) is 5.30.